The van der Waals surface area contributed by atoms with Gasteiger partial charge in [0, 0.05) is 38.8 Å². The number of hydrazone groups is 1. The maximum Gasteiger partial charge on any atom is 0.431 e. The third kappa shape index (κ3) is 4.29. The van der Waals surface area contributed by atoms with Crippen LogP contribution in [0.3, 0.4) is 0 Å². The topological polar surface area (TPSA) is 64.0 Å². The Labute approximate surface area is 195 Å². The summed E-state index contributed by atoms with van der Waals surface area (Å²) in [5, 5.41) is 17.8. The minimum atomic E-state index is -6.03. The van der Waals surface area contributed by atoms with Crippen molar-refractivity contribution < 1.29 is 31.4 Å². The van der Waals surface area contributed by atoms with Crippen LogP contribution in [0.1, 0.15) is 18.0 Å². The number of pyridine rings is 1. The lowest BCUT2D eigenvalue weighted by Gasteiger charge is -2.32. The van der Waals surface area contributed by atoms with E-state index in [0.717, 1.165) is 18.1 Å². The number of hydrogen-bond donors (Lipinski definition) is 2. The molecule has 2 aliphatic heterocycles. The SMILES string of the molecule is OC(C1=NN(c2ccccc2Cl)C(c2ccc(N3CCNCC3)nc2)C1)(C(F)(F)F)C(F)(F)F. The minimum Gasteiger partial charge on any atom is -0.369 e. The Morgan fingerprint density at radius 1 is 0.971 bits per heavy atom. The summed E-state index contributed by atoms with van der Waals surface area (Å²) in [6.07, 6.45) is -11.5. The molecule has 0 saturated carbocycles. The van der Waals surface area contributed by atoms with Crippen LogP contribution in [-0.2, 0) is 0 Å². The van der Waals surface area contributed by atoms with Gasteiger partial charge >= 0.3 is 12.4 Å². The largest absolute Gasteiger partial charge is 0.431 e. The summed E-state index contributed by atoms with van der Waals surface area (Å²) >= 11 is 6.18. The number of nitrogens with one attached hydrogen (secondary N) is 1. The number of anilines is 2. The van der Waals surface area contributed by atoms with E-state index in [1.165, 1.54) is 24.4 Å². The van der Waals surface area contributed by atoms with Crippen LogP contribution >= 0.6 is 11.6 Å². The number of rotatable bonds is 4. The number of halogens is 7. The van der Waals surface area contributed by atoms with Crippen molar-refractivity contribution in [3.8, 4) is 0 Å². The first-order valence-electron chi connectivity index (χ1n) is 10.3. The highest BCUT2D eigenvalue weighted by Crippen LogP contribution is 2.49. The number of aliphatic hydroxyl groups is 1. The second-order valence-corrected chi connectivity index (χ2v) is 8.36. The van der Waals surface area contributed by atoms with Crippen LogP contribution in [-0.4, -0.2) is 59.9 Å². The first-order chi connectivity index (χ1) is 15.9. The van der Waals surface area contributed by atoms with E-state index < -0.39 is 36.1 Å². The molecule has 1 aromatic heterocycles. The van der Waals surface area contributed by atoms with Crippen molar-refractivity contribution in [2.24, 2.45) is 5.10 Å². The van der Waals surface area contributed by atoms with E-state index in [1.54, 1.807) is 18.2 Å². The summed E-state index contributed by atoms with van der Waals surface area (Å²) in [6, 6.07) is 8.08. The predicted molar refractivity (Wildman–Crippen MR) is 115 cm³/mol. The fraction of sp³-hybridized carbons (Fsp3) is 0.429. The van der Waals surface area contributed by atoms with E-state index in [9.17, 15) is 31.4 Å². The lowest BCUT2D eigenvalue weighted by molar-refractivity contribution is -0.338. The Hall–Kier alpha value is -2.57. The van der Waals surface area contributed by atoms with Crippen LogP contribution in [0.5, 0.6) is 0 Å². The molecule has 1 saturated heterocycles. The van der Waals surface area contributed by atoms with Gasteiger partial charge in [0.25, 0.3) is 5.60 Å². The number of aromatic nitrogens is 1. The van der Waals surface area contributed by atoms with E-state index in [-0.39, 0.29) is 10.7 Å². The van der Waals surface area contributed by atoms with Gasteiger partial charge < -0.3 is 15.3 Å². The maximum absolute atomic E-state index is 13.5. The lowest BCUT2D eigenvalue weighted by Crippen LogP contribution is -2.62. The van der Waals surface area contributed by atoms with Gasteiger partial charge in [-0.05, 0) is 23.8 Å². The van der Waals surface area contributed by atoms with Gasteiger partial charge in [-0.3, -0.25) is 5.01 Å². The number of piperazine rings is 1. The zero-order valence-corrected chi connectivity index (χ0v) is 18.3. The van der Waals surface area contributed by atoms with E-state index >= 15 is 0 Å². The van der Waals surface area contributed by atoms with Crippen LogP contribution in [0.25, 0.3) is 0 Å². The highest BCUT2D eigenvalue weighted by molar-refractivity contribution is 6.33. The molecule has 1 aromatic carbocycles. The molecule has 3 heterocycles. The highest BCUT2D eigenvalue weighted by atomic mass is 35.5. The standard InChI is InChI=1S/C21H20ClF6N5O/c22-14-3-1-2-4-15(14)33-16(11-17(31-33)19(34,20(23,24)25)21(26,27)28)13-5-6-18(30-12-13)32-9-7-29-8-10-32/h1-6,12,16,29,34H,7-11H2. The molecule has 13 heteroatoms. The Balaban J connectivity index is 1.74. The molecule has 34 heavy (non-hydrogen) atoms. The normalized spacial score (nSPS) is 20.0. The molecule has 4 rings (SSSR count). The van der Waals surface area contributed by atoms with Crippen LogP contribution in [0.4, 0.5) is 37.8 Å². The average molecular weight is 508 g/mol. The predicted octanol–water partition coefficient (Wildman–Crippen LogP) is 4.31. The van der Waals surface area contributed by atoms with Crippen molar-refractivity contribution in [3.05, 3.63) is 53.2 Å². The summed E-state index contributed by atoms with van der Waals surface area (Å²) in [6.45, 7) is 2.94. The monoisotopic (exact) mass is 507 g/mol. The van der Waals surface area contributed by atoms with Crippen molar-refractivity contribution in [1.82, 2.24) is 10.3 Å². The van der Waals surface area contributed by atoms with Crippen molar-refractivity contribution in [2.45, 2.75) is 30.4 Å². The minimum absolute atomic E-state index is 0.0745. The van der Waals surface area contributed by atoms with Crippen molar-refractivity contribution in [1.29, 1.82) is 0 Å². The molecule has 0 bridgehead atoms. The van der Waals surface area contributed by atoms with Gasteiger partial charge in [-0.2, -0.15) is 31.4 Å². The molecule has 2 aliphatic rings. The third-order valence-corrected chi connectivity index (χ3v) is 6.16. The molecule has 1 atom stereocenters. The third-order valence-electron chi connectivity index (χ3n) is 5.84. The second kappa shape index (κ2) is 8.90. The van der Waals surface area contributed by atoms with Crippen LogP contribution in [0, 0.1) is 0 Å². The first-order valence-corrected chi connectivity index (χ1v) is 10.7. The summed E-state index contributed by atoms with van der Waals surface area (Å²) in [5.74, 6) is 0.635. The fourth-order valence-electron chi connectivity index (χ4n) is 4.01. The molecular formula is C21H20ClF6N5O. The van der Waals surface area contributed by atoms with E-state index in [0.29, 0.717) is 24.5 Å². The van der Waals surface area contributed by atoms with Crippen molar-refractivity contribution in [3.63, 3.8) is 0 Å². The average Bonchev–Trinajstić information content (AvgIpc) is 3.23. The van der Waals surface area contributed by atoms with Crippen molar-refractivity contribution >= 4 is 28.8 Å². The van der Waals surface area contributed by atoms with Gasteiger partial charge in [0.2, 0.25) is 0 Å². The molecule has 0 amide bonds. The van der Waals surface area contributed by atoms with Crippen LogP contribution < -0.4 is 15.2 Å². The fourth-order valence-corrected chi connectivity index (χ4v) is 4.23. The van der Waals surface area contributed by atoms with Crippen LogP contribution in [0.2, 0.25) is 5.02 Å². The molecule has 184 valence electrons. The maximum atomic E-state index is 13.5. The van der Waals surface area contributed by atoms with Gasteiger partial charge in [-0.1, -0.05) is 29.8 Å². The summed E-state index contributed by atoms with van der Waals surface area (Å²) in [4.78, 5) is 6.37. The molecule has 2 aromatic rings. The molecule has 6 nitrogen and oxygen atoms in total. The molecule has 2 N–H and O–H groups in total. The number of alkyl halides is 6. The molecular weight excluding hydrogens is 488 g/mol. The van der Waals surface area contributed by atoms with Gasteiger partial charge in [-0.25, -0.2) is 4.98 Å². The van der Waals surface area contributed by atoms with E-state index in [1.807, 2.05) is 4.90 Å². The van der Waals surface area contributed by atoms with Crippen LogP contribution in [0.15, 0.2) is 47.7 Å². The number of para-hydroxylation sites is 1. The van der Waals surface area contributed by atoms with E-state index in [4.69, 9.17) is 11.6 Å². The molecule has 0 spiro atoms. The lowest BCUT2D eigenvalue weighted by atomic mass is 9.90. The van der Waals surface area contributed by atoms with Gasteiger partial charge in [0.1, 0.15) is 5.82 Å². The molecule has 0 aliphatic carbocycles. The molecule has 0 radical (unpaired) electrons. The Morgan fingerprint density at radius 2 is 1.62 bits per heavy atom. The first kappa shape index (κ1) is 24.6. The number of hydrogen-bond acceptors (Lipinski definition) is 6. The molecule has 1 fully saturated rings. The Morgan fingerprint density at radius 3 is 2.18 bits per heavy atom. The zero-order valence-electron chi connectivity index (χ0n) is 17.5. The summed E-state index contributed by atoms with van der Waals surface area (Å²) in [5.41, 5.74) is -6.16. The zero-order chi connectivity index (χ0) is 24.7. The van der Waals surface area contributed by atoms with Gasteiger partial charge in [0.15, 0.2) is 0 Å². The second-order valence-electron chi connectivity index (χ2n) is 7.96. The quantitative estimate of drug-likeness (QED) is 0.604. The Bertz CT molecular complexity index is 1040. The smallest absolute Gasteiger partial charge is 0.369 e. The number of nitrogens with zero attached hydrogens (tertiary/aromatic N) is 4. The summed E-state index contributed by atoms with van der Waals surface area (Å²) in [7, 11) is 0. The number of benzene rings is 1. The summed E-state index contributed by atoms with van der Waals surface area (Å²) < 4.78 is 81.2. The molecule has 1 unspecified atom stereocenters. The Kier molecular flexibility index (Phi) is 6.42. The van der Waals surface area contributed by atoms with Gasteiger partial charge in [0.05, 0.1) is 22.5 Å². The highest BCUT2D eigenvalue weighted by Gasteiger charge is 2.74. The van der Waals surface area contributed by atoms with Crippen molar-refractivity contribution in [2.75, 3.05) is 36.1 Å². The van der Waals surface area contributed by atoms with E-state index in [2.05, 4.69) is 15.4 Å². The van der Waals surface area contributed by atoms with Gasteiger partial charge in [-0.15, -0.1) is 0 Å².